The minimum Gasteiger partial charge on any atom is -0.484 e. The highest BCUT2D eigenvalue weighted by Gasteiger charge is 2.29. The zero-order valence-electron chi connectivity index (χ0n) is 18.8. The predicted octanol–water partition coefficient (Wildman–Crippen LogP) is 4.47. The lowest BCUT2D eigenvalue weighted by Gasteiger charge is -2.34. The summed E-state index contributed by atoms with van der Waals surface area (Å²) in [5.41, 5.74) is 1.90. The van der Waals surface area contributed by atoms with Gasteiger partial charge in [-0.05, 0) is 46.8 Å². The number of nitro benzene ring substituents is 1. The first-order valence-corrected chi connectivity index (χ1v) is 10.1. The summed E-state index contributed by atoms with van der Waals surface area (Å²) in [5, 5.41) is 15.0. The van der Waals surface area contributed by atoms with Crippen molar-refractivity contribution >= 4 is 11.6 Å². The van der Waals surface area contributed by atoms with Gasteiger partial charge in [-0.25, -0.2) is 0 Å². The van der Waals surface area contributed by atoms with Gasteiger partial charge in [0, 0.05) is 22.7 Å². The second kappa shape index (κ2) is 9.17. The Hall–Kier alpha value is -3.75. The van der Waals surface area contributed by atoms with E-state index in [9.17, 15) is 14.9 Å². The number of hydrogen-bond acceptors (Lipinski definition) is 7. The number of nitro groups is 1. The highest BCUT2D eigenvalue weighted by Crippen LogP contribution is 2.24. The van der Waals surface area contributed by atoms with E-state index in [2.05, 4.69) is 10.1 Å². The Morgan fingerprint density at radius 3 is 2.44 bits per heavy atom. The molecule has 0 atom stereocenters. The quantitative estimate of drug-likeness (QED) is 0.395. The molecule has 0 saturated heterocycles. The lowest BCUT2D eigenvalue weighted by molar-refractivity contribution is -0.385. The summed E-state index contributed by atoms with van der Waals surface area (Å²) in [7, 11) is 0. The van der Waals surface area contributed by atoms with Gasteiger partial charge in [0.1, 0.15) is 12.3 Å². The Kier molecular flexibility index (Phi) is 6.57. The van der Waals surface area contributed by atoms with E-state index < -0.39 is 10.5 Å². The monoisotopic (exact) mass is 438 g/mol. The third-order valence-corrected chi connectivity index (χ3v) is 4.91. The molecule has 0 aliphatic carbocycles. The summed E-state index contributed by atoms with van der Waals surface area (Å²) in [4.78, 5) is 29.5. The van der Waals surface area contributed by atoms with E-state index in [1.165, 1.54) is 12.1 Å². The molecule has 2 aromatic carbocycles. The summed E-state index contributed by atoms with van der Waals surface area (Å²) >= 11 is 0. The first-order chi connectivity index (χ1) is 15.0. The molecule has 0 radical (unpaired) electrons. The van der Waals surface area contributed by atoms with Crippen LogP contribution in [0.15, 0.2) is 47.0 Å². The summed E-state index contributed by atoms with van der Waals surface area (Å²) < 4.78 is 11.0. The molecule has 0 bridgehead atoms. The standard InChI is InChI=1S/C23H26N4O5/c1-15-6-8-17(9-7-15)22-24-20(32-25-22)13-26(23(3,4)5)21(28)14-31-18-10-11-19(27(29)30)16(2)12-18/h6-12H,13-14H2,1-5H3. The Balaban J connectivity index is 1.70. The number of rotatable bonds is 7. The molecule has 0 fully saturated rings. The third kappa shape index (κ3) is 5.48. The lowest BCUT2D eigenvalue weighted by Crippen LogP contribution is -2.47. The number of aryl methyl sites for hydroxylation is 2. The Labute approximate surface area is 186 Å². The number of nitrogens with zero attached hydrogens (tertiary/aromatic N) is 4. The van der Waals surface area contributed by atoms with E-state index in [1.54, 1.807) is 17.9 Å². The SMILES string of the molecule is Cc1ccc(-c2noc(CN(C(=O)COc3ccc([N+](=O)[O-])c(C)c3)C(C)(C)C)n2)cc1. The largest absolute Gasteiger partial charge is 0.484 e. The highest BCUT2D eigenvalue weighted by molar-refractivity contribution is 5.78. The van der Waals surface area contributed by atoms with Gasteiger partial charge >= 0.3 is 0 Å². The molecule has 3 rings (SSSR count). The summed E-state index contributed by atoms with van der Waals surface area (Å²) in [6.45, 7) is 9.22. The van der Waals surface area contributed by atoms with Crippen LogP contribution < -0.4 is 4.74 Å². The van der Waals surface area contributed by atoms with Crippen molar-refractivity contribution in [2.24, 2.45) is 0 Å². The summed E-state index contributed by atoms with van der Waals surface area (Å²) in [5.74, 6) is 0.882. The molecule has 0 saturated carbocycles. The highest BCUT2D eigenvalue weighted by atomic mass is 16.6. The Morgan fingerprint density at radius 2 is 1.84 bits per heavy atom. The maximum absolute atomic E-state index is 12.9. The lowest BCUT2D eigenvalue weighted by atomic mass is 10.1. The molecule has 3 aromatic rings. The van der Waals surface area contributed by atoms with Crippen LogP contribution >= 0.6 is 0 Å². The van der Waals surface area contributed by atoms with Gasteiger partial charge in [-0.3, -0.25) is 14.9 Å². The smallest absolute Gasteiger partial charge is 0.272 e. The van der Waals surface area contributed by atoms with E-state index >= 15 is 0 Å². The van der Waals surface area contributed by atoms with Crippen LogP contribution in [0.4, 0.5) is 5.69 Å². The minimum absolute atomic E-state index is 0.000712. The van der Waals surface area contributed by atoms with Crippen LogP contribution in [0.25, 0.3) is 11.4 Å². The average Bonchev–Trinajstić information content (AvgIpc) is 3.18. The van der Waals surface area contributed by atoms with Gasteiger partial charge < -0.3 is 14.2 Å². The molecule has 168 valence electrons. The molecule has 1 aromatic heterocycles. The fourth-order valence-corrected chi connectivity index (χ4v) is 3.12. The fourth-order valence-electron chi connectivity index (χ4n) is 3.12. The van der Waals surface area contributed by atoms with E-state index in [1.807, 2.05) is 52.0 Å². The van der Waals surface area contributed by atoms with Gasteiger partial charge in [0.25, 0.3) is 11.6 Å². The number of carbonyl (C=O) groups is 1. The zero-order chi connectivity index (χ0) is 23.5. The van der Waals surface area contributed by atoms with Crippen LogP contribution in [-0.4, -0.2) is 38.0 Å². The summed E-state index contributed by atoms with van der Waals surface area (Å²) in [6, 6.07) is 12.1. The van der Waals surface area contributed by atoms with Crippen molar-refractivity contribution in [3.63, 3.8) is 0 Å². The van der Waals surface area contributed by atoms with E-state index in [0.717, 1.165) is 11.1 Å². The molecule has 0 N–H and O–H groups in total. The maximum atomic E-state index is 12.9. The third-order valence-electron chi connectivity index (χ3n) is 4.91. The Bertz CT molecular complexity index is 1120. The molecule has 9 nitrogen and oxygen atoms in total. The normalized spacial score (nSPS) is 11.3. The number of amides is 1. The molecular weight excluding hydrogens is 412 g/mol. The van der Waals surface area contributed by atoms with Gasteiger partial charge in [0.05, 0.1) is 4.92 Å². The number of carbonyl (C=O) groups excluding carboxylic acids is 1. The summed E-state index contributed by atoms with van der Waals surface area (Å²) in [6.07, 6.45) is 0. The molecule has 0 spiro atoms. The molecule has 0 aliphatic heterocycles. The molecule has 0 unspecified atom stereocenters. The van der Waals surface area contributed by atoms with Crippen molar-refractivity contribution in [3.05, 3.63) is 69.6 Å². The molecular formula is C23H26N4O5. The Morgan fingerprint density at radius 1 is 1.16 bits per heavy atom. The zero-order valence-corrected chi connectivity index (χ0v) is 18.8. The van der Waals surface area contributed by atoms with Crippen molar-refractivity contribution in [2.75, 3.05) is 6.61 Å². The van der Waals surface area contributed by atoms with Gasteiger partial charge in [-0.1, -0.05) is 35.0 Å². The predicted molar refractivity (Wildman–Crippen MR) is 118 cm³/mol. The second-order valence-electron chi connectivity index (χ2n) is 8.52. The van der Waals surface area contributed by atoms with Crippen molar-refractivity contribution in [3.8, 4) is 17.1 Å². The maximum Gasteiger partial charge on any atom is 0.272 e. The minimum atomic E-state index is -0.523. The topological polar surface area (TPSA) is 112 Å². The van der Waals surface area contributed by atoms with E-state index in [-0.39, 0.29) is 24.7 Å². The van der Waals surface area contributed by atoms with Crippen molar-refractivity contribution in [1.29, 1.82) is 0 Å². The first kappa shape index (κ1) is 22.9. The van der Waals surface area contributed by atoms with E-state index in [4.69, 9.17) is 9.26 Å². The van der Waals surface area contributed by atoms with E-state index in [0.29, 0.717) is 23.0 Å². The van der Waals surface area contributed by atoms with Crippen molar-refractivity contribution < 1.29 is 19.0 Å². The molecule has 32 heavy (non-hydrogen) atoms. The van der Waals surface area contributed by atoms with Gasteiger partial charge in [0.2, 0.25) is 11.7 Å². The second-order valence-corrected chi connectivity index (χ2v) is 8.52. The number of ether oxygens (including phenoxy) is 1. The van der Waals surface area contributed by atoms with Crippen LogP contribution in [-0.2, 0) is 11.3 Å². The molecule has 0 aliphatic rings. The molecule has 1 amide bonds. The van der Waals surface area contributed by atoms with Gasteiger partial charge in [-0.15, -0.1) is 0 Å². The van der Waals surface area contributed by atoms with Crippen molar-refractivity contribution in [1.82, 2.24) is 15.0 Å². The molecule has 1 heterocycles. The fraction of sp³-hybridized carbons (Fsp3) is 0.348. The van der Waals surface area contributed by atoms with Crippen LogP contribution in [0.1, 0.15) is 37.8 Å². The number of aromatic nitrogens is 2. The first-order valence-electron chi connectivity index (χ1n) is 10.1. The molecule has 9 heteroatoms. The van der Waals surface area contributed by atoms with Crippen LogP contribution in [0.5, 0.6) is 5.75 Å². The van der Waals surface area contributed by atoms with Crippen LogP contribution in [0.2, 0.25) is 0 Å². The van der Waals surface area contributed by atoms with Gasteiger partial charge in [-0.2, -0.15) is 4.98 Å². The van der Waals surface area contributed by atoms with Crippen LogP contribution in [0, 0.1) is 24.0 Å². The number of hydrogen-bond donors (Lipinski definition) is 0. The van der Waals surface area contributed by atoms with Gasteiger partial charge in [0.15, 0.2) is 6.61 Å². The number of benzene rings is 2. The van der Waals surface area contributed by atoms with Crippen molar-refractivity contribution in [2.45, 2.75) is 46.7 Å². The average molecular weight is 438 g/mol. The van der Waals surface area contributed by atoms with Crippen LogP contribution in [0.3, 0.4) is 0 Å².